The zero-order chi connectivity index (χ0) is 15.0. The number of nitrogens with zero attached hydrogens (tertiary/aromatic N) is 2. The quantitative estimate of drug-likeness (QED) is 0.658. The summed E-state index contributed by atoms with van der Waals surface area (Å²) in [5.74, 6) is -0.464. The van der Waals surface area contributed by atoms with Crippen LogP contribution in [0.1, 0.15) is 23.8 Å². The van der Waals surface area contributed by atoms with Gasteiger partial charge in [0, 0.05) is 0 Å². The Bertz CT molecular complexity index is 650. The first-order valence-electron chi connectivity index (χ1n) is 5.84. The molecule has 110 valence electrons. The Kier molecular flexibility index (Phi) is 4.27. The Hall–Kier alpha value is -0.860. The predicted molar refractivity (Wildman–Crippen MR) is 78.0 cm³/mol. The van der Waals surface area contributed by atoms with Crippen LogP contribution in [-0.4, -0.2) is 47.6 Å². The number of aromatic nitrogens is 2. The number of carbonyl (C=O) groups excluding carboxylic acids is 1. The molecule has 2 heterocycles. The van der Waals surface area contributed by atoms with Crippen molar-refractivity contribution in [2.24, 2.45) is 0 Å². The van der Waals surface area contributed by atoms with Crippen molar-refractivity contribution in [3.8, 4) is 0 Å². The third kappa shape index (κ3) is 3.42. The molecule has 1 aromatic heterocycles. The number of sulfone groups is 1. The number of hydrogen-bond donors (Lipinski definition) is 1. The highest BCUT2D eigenvalue weighted by molar-refractivity contribution is 7.98. The minimum absolute atomic E-state index is 0.0656. The van der Waals surface area contributed by atoms with Gasteiger partial charge in [-0.15, -0.1) is 0 Å². The van der Waals surface area contributed by atoms with Crippen LogP contribution in [0.5, 0.6) is 0 Å². The molecule has 0 saturated carbocycles. The summed E-state index contributed by atoms with van der Waals surface area (Å²) >= 11 is 7.22. The minimum Gasteiger partial charge on any atom is -0.344 e. The highest BCUT2D eigenvalue weighted by atomic mass is 35.5. The lowest BCUT2D eigenvalue weighted by atomic mass is 10.0. The van der Waals surface area contributed by atoms with E-state index in [0.29, 0.717) is 11.6 Å². The fourth-order valence-electron chi connectivity index (χ4n) is 2.05. The second-order valence-corrected chi connectivity index (χ2v) is 8.27. The minimum atomic E-state index is -3.09. The normalized spacial score (nSPS) is 24.6. The van der Waals surface area contributed by atoms with E-state index in [9.17, 15) is 13.2 Å². The van der Waals surface area contributed by atoms with Crippen LogP contribution in [0.4, 0.5) is 0 Å². The number of halogens is 1. The first-order valence-corrected chi connectivity index (χ1v) is 9.27. The standard InChI is InChI=1S/C11H14ClN3O3S2/c1-11(3-4-20(17,18)6-11)15-9(16)8-7(12)5-13-10(14-8)19-2/h5H,3-4,6H2,1-2H3,(H,15,16)/t11-/m0/s1. The van der Waals surface area contributed by atoms with E-state index in [1.807, 2.05) is 0 Å². The fourth-order valence-corrected chi connectivity index (χ4v) is 4.66. The maximum atomic E-state index is 12.2. The van der Waals surface area contributed by atoms with Gasteiger partial charge in [0.2, 0.25) is 0 Å². The zero-order valence-electron chi connectivity index (χ0n) is 11.0. The van der Waals surface area contributed by atoms with Crippen LogP contribution < -0.4 is 5.32 Å². The van der Waals surface area contributed by atoms with Crippen molar-refractivity contribution >= 4 is 39.1 Å². The van der Waals surface area contributed by atoms with Crippen molar-refractivity contribution in [2.75, 3.05) is 17.8 Å². The number of nitrogens with one attached hydrogen (secondary N) is 1. The first kappa shape index (κ1) is 15.5. The molecule has 1 N–H and O–H groups in total. The second kappa shape index (κ2) is 5.50. The van der Waals surface area contributed by atoms with Gasteiger partial charge in [0.15, 0.2) is 20.7 Å². The van der Waals surface area contributed by atoms with Crippen LogP contribution in [0.2, 0.25) is 5.02 Å². The maximum absolute atomic E-state index is 12.2. The molecule has 1 aromatic rings. The highest BCUT2D eigenvalue weighted by Crippen LogP contribution is 2.24. The van der Waals surface area contributed by atoms with Gasteiger partial charge in [0.05, 0.1) is 28.3 Å². The van der Waals surface area contributed by atoms with Crippen molar-refractivity contribution in [1.29, 1.82) is 0 Å². The Morgan fingerprint density at radius 1 is 1.55 bits per heavy atom. The number of carbonyl (C=O) groups is 1. The molecule has 1 aliphatic heterocycles. The van der Waals surface area contributed by atoms with Crippen molar-refractivity contribution in [1.82, 2.24) is 15.3 Å². The molecule has 2 rings (SSSR count). The largest absolute Gasteiger partial charge is 0.344 e. The molecule has 0 bridgehead atoms. The van der Waals surface area contributed by atoms with Crippen molar-refractivity contribution in [3.05, 3.63) is 16.9 Å². The highest BCUT2D eigenvalue weighted by Gasteiger charge is 2.40. The van der Waals surface area contributed by atoms with Gasteiger partial charge < -0.3 is 5.32 Å². The topological polar surface area (TPSA) is 89.0 Å². The van der Waals surface area contributed by atoms with E-state index in [0.717, 1.165) is 0 Å². The predicted octanol–water partition coefficient (Wildman–Crippen LogP) is 1.16. The third-order valence-corrected chi connectivity index (χ3v) is 5.78. The van der Waals surface area contributed by atoms with Gasteiger partial charge in [0.1, 0.15) is 0 Å². The van der Waals surface area contributed by atoms with Gasteiger partial charge >= 0.3 is 0 Å². The number of rotatable bonds is 3. The molecule has 1 fully saturated rings. The summed E-state index contributed by atoms with van der Waals surface area (Å²) in [6, 6.07) is 0. The molecule has 1 saturated heterocycles. The molecule has 0 aliphatic carbocycles. The van der Waals surface area contributed by atoms with Crippen LogP contribution in [-0.2, 0) is 9.84 Å². The molecule has 1 amide bonds. The Balaban J connectivity index is 2.21. The summed E-state index contributed by atoms with van der Waals surface area (Å²) < 4.78 is 23.1. The van der Waals surface area contributed by atoms with E-state index in [4.69, 9.17) is 11.6 Å². The second-order valence-electron chi connectivity index (χ2n) is 4.91. The Morgan fingerprint density at radius 2 is 2.25 bits per heavy atom. The van der Waals surface area contributed by atoms with Gasteiger partial charge in [-0.2, -0.15) is 0 Å². The van der Waals surface area contributed by atoms with Gasteiger partial charge in [-0.25, -0.2) is 18.4 Å². The van der Waals surface area contributed by atoms with Gasteiger partial charge in [-0.3, -0.25) is 4.79 Å². The molecule has 0 spiro atoms. The van der Waals surface area contributed by atoms with E-state index in [2.05, 4.69) is 15.3 Å². The molecule has 9 heteroatoms. The van der Waals surface area contributed by atoms with E-state index in [1.165, 1.54) is 18.0 Å². The molecular weight excluding hydrogens is 322 g/mol. The van der Waals surface area contributed by atoms with Gasteiger partial charge in [-0.1, -0.05) is 23.4 Å². The lowest BCUT2D eigenvalue weighted by Crippen LogP contribution is -2.47. The van der Waals surface area contributed by atoms with E-state index < -0.39 is 21.3 Å². The molecule has 0 radical (unpaired) electrons. The smallest absolute Gasteiger partial charge is 0.272 e. The number of thioether (sulfide) groups is 1. The molecule has 0 aromatic carbocycles. The van der Waals surface area contributed by atoms with Crippen LogP contribution in [0.3, 0.4) is 0 Å². The van der Waals surface area contributed by atoms with Crippen molar-refractivity contribution in [3.63, 3.8) is 0 Å². The average Bonchev–Trinajstić information content (AvgIpc) is 2.63. The molecular formula is C11H14ClN3O3S2. The van der Waals surface area contributed by atoms with Crippen LogP contribution >= 0.6 is 23.4 Å². The summed E-state index contributed by atoms with van der Waals surface area (Å²) in [5, 5.41) is 3.29. The number of amides is 1. The zero-order valence-corrected chi connectivity index (χ0v) is 13.4. The maximum Gasteiger partial charge on any atom is 0.272 e. The lowest BCUT2D eigenvalue weighted by molar-refractivity contribution is 0.0909. The van der Waals surface area contributed by atoms with Crippen LogP contribution in [0.25, 0.3) is 0 Å². The molecule has 1 aliphatic rings. The van der Waals surface area contributed by atoms with Crippen molar-refractivity contribution in [2.45, 2.75) is 24.0 Å². The lowest BCUT2D eigenvalue weighted by Gasteiger charge is -2.23. The van der Waals surface area contributed by atoms with Crippen LogP contribution in [0, 0.1) is 0 Å². The Morgan fingerprint density at radius 3 is 2.80 bits per heavy atom. The summed E-state index contributed by atoms with van der Waals surface area (Å²) in [7, 11) is -3.09. The fraction of sp³-hybridized carbons (Fsp3) is 0.545. The average molecular weight is 336 g/mol. The summed E-state index contributed by atoms with van der Waals surface area (Å²) in [6.45, 7) is 1.71. The Labute approximate surface area is 126 Å². The molecule has 0 unspecified atom stereocenters. The number of hydrogen-bond acceptors (Lipinski definition) is 6. The molecule has 20 heavy (non-hydrogen) atoms. The first-order chi connectivity index (χ1) is 9.25. The molecule has 1 atom stereocenters. The third-order valence-electron chi connectivity index (χ3n) is 3.04. The summed E-state index contributed by atoms with van der Waals surface area (Å²) in [4.78, 5) is 20.2. The SMILES string of the molecule is CSc1ncc(Cl)c(C(=O)N[C@@]2(C)CCS(=O)(=O)C2)n1. The van der Waals surface area contributed by atoms with Crippen LogP contribution in [0.15, 0.2) is 11.4 Å². The van der Waals surface area contributed by atoms with Crippen molar-refractivity contribution < 1.29 is 13.2 Å². The van der Waals surface area contributed by atoms with E-state index >= 15 is 0 Å². The van der Waals surface area contributed by atoms with E-state index in [1.54, 1.807) is 13.2 Å². The summed E-state index contributed by atoms with van der Waals surface area (Å²) in [5.41, 5.74) is -0.708. The van der Waals surface area contributed by atoms with E-state index in [-0.39, 0.29) is 22.2 Å². The monoisotopic (exact) mass is 335 g/mol. The molecule has 6 nitrogen and oxygen atoms in total. The summed E-state index contributed by atoms with van der Waals surface area (Å²) in [6.07, 6.45) is 3.54. The van der Waals surface area contributed by atoms with Gasteiger partial charge in [0.25, 0.3) is 5.91 Å². The van der Waals surface area contributed by atoms with Gasteiger partial charge in [-0.05, 0) is 19.6 Å².